The fraction of sp³-hybridized carbons (Fsp3) is 0.724. The third kappa shape index (κ3) is 14.8. The molecule has 1 aromatic carbocycles. The first-order chi connectivity index (χ1) is 16.1. The maximum absolute atomic E-state index is 12.4. The minimum Gasteiger partial charge on any atom is -0.462 e. The second-order valence-electron chi connectivity index (χ2n) is 9.31. The first-order valence-corrected chi connectivity index (χ1v) is 13.5. The van der Waals surface area contributed by atoms with E-state index in [4.69, 9.17) is 9.47 Å². The minimum absolute atomic E-state index is 0.362. The van der Waals surface area contributed by atoms with E-state index in [9.17, 15) is 9.59 Å². The highest BCUT2D eigenvalue weighted by molar-refractivity contribution is 5.95. The van der Waals surface area contributed by atoms with Crippen molar-refractivity contribution in [2.24, 2.45) is 0 Å². The maximum atomic E-state index is 12.4. The van der Waals surface area contributed by atoms with Crippen molar-refractivity contribution in [2.75, 3.05) is 13.2 Å². The van der Waals surface area contributed by atoms with E-state index in [2.05, 4.69) is 13.8 Å². The Hall–Kier alpha value is -1.84. The largest absolute Gasteiger partial charge is 0.462 e. The molecule has 1 aromatic rings. The fourth-order valence-corrected chi connectivity index (χ4v) is 3.99. The zero-order valence-electron chi connectivity index (χ0n) is 21.6. The molecule has 4 nitrogen and oxygen atoms in total. The topological polar surface area (TPSA) is 52.6 Å². The highest BCUT2D eigenvalue weighted by Crippen LogP contribution is 2.14. The number of hydrogen-bond acceptors (Lipinski definition) is 4. The molecular weight excluding hydrogens is 412 g/mol. The molecule has 0 heterocycles. The summed E-state index contributed by atoms with van der Waals surface area (Å²) >= 11 is 0. The number of carbonyl (C=O) groups is 2. The van der Waals surface area contributed by atoms with Gasteiger partial charge in [0, 0.05) is 0 Å². The van der Waals surface area contributed by atoms with Crippen LogP contribution in [0, 0.1) is 6.92 Å². The van der Waals surface area contributed by atoms with Crippen LogP contribution in [0.25, 0.3) is 0 Å². The third-order valence-electron chi connectivity index (χ3n) is 6.01. The Morgan fingerprint density at radius 1 is 0.545 bits per heavy atom. The van der Waals surface area contributed by atoms with E-state index >= 15 is 0 Å². The van der Waals surface area contributed by atoms with Crippen molar-refractivity contribution >= 4 is 11.9 Å². The van der Waals surface area contributed by atoms with E-state index in [1.165, 1.54) is 77.0 Å². The molecule has 0 unspecified atom stereocenters. The Kier molecular flexibility index (Phi) is 17.4. The smallest absolute Gasteiger partial charge is 0.338 e. The Labute approximate surface area is 202 Å². The zero-order chi connectivity index (χ0) is 24.2. The van der Waals surface area contributed by atoms with Gasteiger partial charge in [-0.3, -0.25) is 0 Å². The van der Waals surface area contributed by atoms with Gasteiger partial charge in [-0.15, -0.1) is 0 Å². The molecule has 0 saturated heterocycles. The van der Waals surface area contributed by atoms with Gasteiger partial charge >= 0.3 is 11.9 Å². The van der Waals surface area contributed by atoms with Crippen LogP contribution in [0.2, 0.25) is 0 Å². The molecule has 0 aliphatic carbocycles. The molecule has 0 spiro atoms. The van der Waals surface area contributed by atoms with Crippen molar-refractivity contribution in [3.05, 3.63) is 34.9 Å². The summed E-state index contributed by atoms with van der Waals surface area (Å²) in [4.78, 5) is 24.9. The molecule has 0 amide bonds. The summed E-state index contributed by atoms with van der Waals surface area (Å²) in [5.74, 6) is -0.725. The molecule has 0 bridgehead atoms. The average molecular weight is 461 g/mol. The van der Waals surface area contributed by atoms with E-state index in [-0.39, 0.29) is 11.9 Å². The summed E-state index contributed by atoms with van der Waals surface area (Å²) in [5.41, 5.74) is 1.71. The summed E-state index contributed by atoms with van der Waals surface area (Å²) in [6.07, 6.45) is 19.3. The second-order valence-corrected chi connectivity index (χ2v) is 9.31. The lowest BCUT2D eigenvalue weighted by Crippen LogP contribution is -2.11. The number of carbonyl (C=O) groups excluding carboxylic acids is 2. The van der Waals surface area contributed by atoms with Crippen LogP contribution in [0.1, 0.15) is 143 Å². The van der Waals surface area contributed by atoms with E-state index < -0.39 is 0 Å². The maximum Gasteiger partial charge on any atom is 0.338 e. The predicted octanol–water partition coefficient (Wildman–Crippen LogP) is 8.59. The Morgan fingerprint density at radius 2 is 0.879 bits per heavy atom. The summed E-state index contributed by atoms with van der Waals surface area (Å²) < 4.78 is 10.9. The van der Waals surface area contributed by atoms with Crippen molar-refractivity contribution in [3.8, 4) is 0 Å². The number of ether oxygens (including phenoxy) is 2. The van der Waals surface area contributed by atoms with Crippen LogP contribution in [0.5, 0.6) is 0 Å². The normalized spacial score (nSPS) is 10.9. The van der Waals surface area contributed by atoms with Crippen LogP contribution < -0.4 is 0 Å². The molecule has 0 aromatic heterocycles. The van der Waals surface area contributed by atoms with E-state index in [0.29, 0.717) is 24.3 Å². The second kappa shape index (κ2) is 19.6. The highest BCUT2D eigenvalue weighted by Gasteiger charge is 2.14. The molecule has 0 saturated carbocycles. The van der Waals surface area contributed by atoms with Gasteiger partial charge in [0.25, 0.3) is 0 Å². The van der Waals surface area contributed by atoms with E-state index in [0.717, 1.165) is 31.2 Å². The summed E-state index contributed by atoms with van der Waals surface area (Å²) in [5, 5.41) is 0. The van der Waals surface area contributed by atoms with Crippen LogP contribution in [0.3, 0.4) is 0 Å². The lowest BCUT2D eigenvalue weighted by molar-refractivity contribution is 0.0496. The van der Waals surface area contributed by atoms with Gasteiger partial charge in [-0.05, 0) is 43.5 Å². The Bertz CT molecular complexity index is 601. The van der Waals surface area contributed by atoms with E-state index in [1.807, 2.05) is 6.92 Å². The molecule has 188 valence electrons. The number of esters is 2. The van der Waals surface area contributed by atoms with Crippen LogP contribution in [-0.4, -0.2) is 25.2 Å². The van der Waals surface area contributed by atoms with Gasteiger partial charge in [-0.2, -0.15) is 0 Å². The number of hydrogen-bond donors (Lipinski definition) is 0. The van der Waals surface area contributed by atoms with Crippen molar-refractivity contribution in [1.82, 2.24) is 0 Å². The Morgan fingerprint density at radius 3 is 1.24 bits per heavy atom. The average Bonchev–Trinajstić information content (AvgIpc) is 2.81. The summed E-state index contributed by atoms with van der Waals surface area (Å²) in [7, 11) is 0. The van der Waals surface area contributed by atoms with Crippen LogP contribution in [0.4, 0.5) is 0 Å². The van der Waals surface area contributed by atoms with Crippen molar-refractivity contribution < 1.29 is 19.1 Å². The lowest BCUT2D eigenvalue weighted by Gasteiger charge is -2.09. The number of rotatable bonds is 20. The number of aryl methyl sites for hydroxylation is 1. The first kappa shape index (κ1) is 29.2. The molecule has 0 N–H and O–H groups in total. The SMILES string of the molecule is CCCCCCCCCCOC(=O)c1cc(C)cc(C(=O)OCCCCCCCCCC)c1. The van der Waals surface area contributed by atoms with Crippen LogP contribution in [0.15, 0.2) is 18.2 Å². The predicted molar refractivity (Wildman–Crippen MR) is 137 cm³/mol. The van der Waals surface area contributed by atoms with Gasteiger partial charge in [-0.1, -0.05) is 104 Å². The molecule has 0 fully saturated rings. The fourth-order valence-electron chi connectivity index (χ4n) is 3.99. The highest BCUT2D eigenvalue weighted by atomic mass is 16.5. The third-order valence-corrected chi connectivity index (χ3v) is 6.01. The van der Waals surface area contributed by atoms with Crippen molar-refractivity contribution in [3.63, 3.8) is 0 Å². The van der Waals surface area contributed by atoms with Gasteiger partial charge in [0.2, 0.25) is 0 Å². The quantitative estimate of drug-likeness (QED) is 0.144. The molecule has 0 radical (unpaired) electrons. The van der Waals surface area contributed by atoms with Gasteiger partial charge in [0.05, 0.1) is 24.3 Å². The first-order valence-electron chi connectivity index (χ1n) is 13.5. The minimum atomic E-state index is -0.362. The molecule has 0 aliphatic rings. The lowest BCUT2D eigenvalue weighted by atomic mass is 10.1. The molecule has 1 rings (SSSR count). The molecule has 0 atom stereocenters. The zero-order valence-corrected chi connectivity index (χ0v) is 21.6. The monoisotopic (exact) mass is 460 g/mol. The van der Waals surface area contributed by atoms with Crippen molar-refractivity contribution in [1.29, 1.82) is 0 Å². The van der Waals surface area contributed by atoms with E-state index in [1.54, 1.807) is 18.2 Å². The standard InChI is InChI=1S/C29H48O4/c1-4-6-8-10-12-14-16-18-20-32-28(30)26-22-25(3)23-27(24-26)29(31)33-21-19-17-15-13-11-9-7-5-2/h22-24H,4-21H2,1-3H3. The van der Waals surface area contributed by atoms with Gasteiger partial charge < -0.3 is 9.47 Å². The summed E-state index contributed by atoms with van der Waals surface area (Å²) in [6.45, 7) is 7.20. The molecule has 4 heteroatoms. The Balaban J connectivity index is 2.27. The molecule has 0 aliphatic heterocycles. The summed E-state index contributed by atoms with van der Waals surface area (Å²) in [6, 6.07) is 5.13. The van der Waals surface area contributed by atoms with Crippen LogP contribution in [-0.2, 0) is 9.47 Å². The van der Waals surface area contributed by atoms with Gasteiger partial charge in [-0.25, -0.2) is 9.59 Å². The number of unbranched alkanes of at least 4 members (excludes halogenated alkanes) is 14. The van der Waals surface area contributed by atoms with Crippen molar-refractivity contribution in [2.45, 2.75) is 124 Å². The van der Waals surface area contributed by atoms with Crippen LogP contribution >= 0.6 is 0 Å². The van der Waals surface area contributed by atoms with Gasteiger partial charge in [0.15, 0.2) is 0 Å². The number of benzene rings is 1. The van der Waals surface area contributed by atoms with Gasteiger partial charge in [0.1, 0.15) is 0 Å². The molecular formula is C29H48O4. The molecule has 33 heavy (non-hydrogen) atoms.